The number of piperidine rings is 1. The molecule has 1 amide bonds. The SMILES string of the molecule is Cc1nc2ccc3nc(NC(=O)C4CCCN(S(=O)(=O)c5ccccc5)C4)sc3c2s1. The Kier molecular flexibility index (Phi) is 5.25. The predicted molar refractivity (Wildman–Crippen MR) is 124 cm³/mol. The summed E-state index contributed by atoms with van der Waals surface area (Å²) in [5.41, 5.74) is 1.76. The number of sulfonamides is 1. The highest BCUT2D eigenvalue weighted by molar-refractivity contribution is 7.89. The maximum absolute atomic E-state index is 12.9. The molecule has 1 saturated heterocycles. The zero-order valence-electron chi connectivity index (χ0n) is 16.7. The van der Waals surface area contributed by atoms with Gasteiger partial charge >= 0.3 is 0 Å². The number of rotatable bonds is 4. The fourth-order valence-electron chi connectivity index (χ4n) is 3.86. The number of hydrogen-bond acceptors (Lipinski definition) is 7. The molecule has 1 N–H and O–H groups in total. The van der Waals surface area contributed by atoms with Gasteiger partial charge in [-0.25, -0.2) is 18.4 Å². The van der Waals surface area contributed by atoms with Crippen LogP contribution in [-0.4, -0.2) is 41.7 Å². The molecule has 10 heteroatoms. The fourth-order valence-corrected chi connectivity index (χ4v) is 7.42. The summed E-state index contributed by atoms with van der Waals surface area (Å²) in [4.78, 5) is 22.3. The Morgan fingerprint density at radius 1 is 1.06 bits per heavy atom. The third-order valence-electron chi connectivity index (χ3n) is 5.39. The monoisotopic (exact) mass is 472 g/mol. The number of benzene rings is 2. The summed E-state index contributed by atoms with van der Waals surface area (Å²) in [5.74, 6) is -0.603. The van der Waals surface area contributed by atoms with Crippen molar-refractivity contribution < 1.29 is 13.2 Å². The van der Waals surface area contributed by atoms with E-state index >= 15 is 0 Å². The number of carbonyl (C=O) groups excluding carboxylic acids is 1. The lowest BCUT2D eigenvalue weighted by atomic mass is 9.99. The molecule has 1 aliphatic heterocycles. The van der Waals surface area contributed by atoms with E-state index in [4.69, 9.17) is 0 Å². The van der Waals surface area contributed by atoms with Crippen molar-refractivity contribution in [2.24, 2.45) is 5.92 Å². The maximum atomic E-state index is 12.9. The van der Waals surface area contributed by atoms with Crippen LogP contribution in [0.25, 0.3) is 20.4 Å². The van der Waals surface area contributed by atoms with Crippen LogP contribution >= 0.6 is 22.7 Å². The molecule has 3 heterocycles. The molecule has 2 aromatic heterocycles. The van der Waals surface area contributed by atoms with Crippen LogP contribution in [0.2, 0.25) is 0 Å². The van der Waals surface area contributed by atoms with Crippen molar-refractivity contribution in [2.75, 3.05) is 18.4 Å². The second kappa shape index (κ2) is 7.94. The molecule has 0 bridgehead atoms. The molecule has 1 aliphatic rings. The van der Waals surface area contributed by atoms with E-state index in [0.29, 0.717) is 24.5 Å². The molecule has 0 spiro atoms. The highest BCUT2D eigenvalue weighted by atomic mass is 32.2. The molecule has 4 aromatic rings. The highest BCUT2D eigenvalue weighted by Gasteiger charge is 2.33. The van der Waals surface area contributed by atoms with E-state index in [1.807, 2.05) is 19.1 Å². The number of fused-ring (bicyclic) bond motifs is 3. The van der Waals surface area contributed by atoms with Crippen LogP contribution < -0.4 is 5.32 Å². The Hall–Kier alpha value is -2.40. The number of nitrogens with one attached hydrogen (secondary N) is 1. The van der Waals surface area contributed by atoms with E-state index in [1.54, 1.807) is 41.7 Å². The van der Waals surface area contributed by atoms with E-state index in [2.05, 4.69) is 15.3 Å². The van der Waals surface area contributed by atoms with Gasteiger partial charge in [-0.3, -0.25) is 4.79 Å². The van der Waals surface area contributed by atoms with E-state index in [-0.39, 0.29) is 17.3 Å². The van der Waals surface area contributed by atoms with Gasteiger partial charge < -0.3 is 5.32 Å². The topological polar surface area (TPSA) is 92.3 Å². The summed E-state index contributed by atoms with van der Waals surface area (Å²) in [6, 6.07) is 12.2. The molecule has 0 aliphatic carbocycles. The average molecular weight is 473 g/mol. The van der Waals surface area contributed by atoms with Gasteiger partial charge in [-0.1, -0.05) is 29.5 Å². The van der Waals surface area contributed by atoms with Crippen LogP contribution in [0.15, 0.2) is 47.4 Å². The Bertz CT molecular complexity index is 1380. The molecule has 7 nitrogen and oxygen atoms in total. The Morgan fingerprint density at radius 2 is 1.77 bits per heavy atom. The first kappa shape index (κ1) is 20.5. The summed E-state index contributed by atoms with van der Waals surface area (Å²) >= 11 is 3.05. The third kappa shape index (κ3) is 3.84. The van der Waals surface area contributed by atoms with Crippen LogP contribution in [0.3, 0.4) is 0 Å². The van der Waals surface area contributed by atoms with Crippen LogP contribution in [0.4, 0.5) is 5.13 Å². The Labute approximate surface area is 187 Å². The van der Waals surface area contributed by atoms with Gasteiger partial charge in [-0.2, -0.15) is 4.31 Å². The number of nitrogens with zero attached hydrogens (tertiary/aromatic N) is 3. The molecule has 31 heavy (non-hydrogen) atoms. The Balaban J connectivity index is 1.35. The zero-order valence-corrected chi connectivity index (χ0v) is 19.2. The van der Waals surface area contributed by atoms with E-state index in [0.717, 1.165) is 25.4 Å². The molecule has 0 radical (unpaired) electrons. The van der Waals surface area contributed by atoms with E-state index in [9.17, 15) is 13.2 Å². The lowest BCUT2D eigenvalue weighted by Crippen LogP contribution is -2.43. The minimum atomic E-state index is -3.61. The normalized spacial score (nSPS) is 17.9. The van der Waals surface area contributed by atoms with Gasteiger partial charge in [-0.15, -0.1) is 11.3 Å². The summed E-state index contributed by atoms with van der Waals surface area (Å²) < 4.78 is 29.4. The van der Waals surface area contributed by atoms with Crippen molar-refractivity contribution in [1.82, 2.24) is 14.3 Å². The van der Waals surface area contributed by atoms with Crippen LogP contribution in [-0.2, 0) is 14.8 Å². The molecular formula is C21H20N4O3S3. The second-order valence-corrected chi connectivity index (χ2v) is 11.7. The Morgan fingerprint density at radius 3 is 2.55 bits per heavy atom. The van der Waals surface area contributed by atoms with Crippen LogP contribution in [0.5, 0.6) is 0 Å². The number of carbonyl (C=O) groups is 1. The summed E-state index contributed by atoms with van der Waals surface area (Å²) in [6.45, 7) is 2.57. The molecular weight excluding hydrogens is 452 g/mol. The molecule has 1 fully saturated rings. The minimum absolute atomic E-state index is 0.173. The second-order valence-electron chi connectivity index (χ2n) is 7.52. The molecule has 160 valence electrons. The maximum Gasteiger partial charge on any atom is 0.243 e. The van der Waals surface area contributed by atoms with Gasteiger partial charge in [0.05, 0.1) is 36.3 Å². The first-order valence-electron chi connectivity index (χ1n) is 9.94. The van der Waals surface area contributed by atoms with Gasteiger partial charge in [0.15, 0.2) is 5.13 Å². The standard InChI is InChI=1S/C21H20N4O3S3/c1-13-22-16-9-10-17-19(18(16)29-13)30-21(23-17)24-20(26)14-6-5-11-25(12-14)31(27,28)15-7-3-2-4-8-15/h2-4,7-10,14H,5-6,11-12H2,1H3,(H,23,24,26). The first-order valence-corrected chi connectivity index (χ1v) is 13.0. The van der Waals surface area contributed by atoms with Crippen LogP contribution in [0.1, 0.15) is 17.8 Å². The number of aryl methyl sites for hydroxylation is 1. The summed E-state index contributed by atoms with van der Waals surface area (Å²) in [5, 5.41) is 4.43. The number of anilines is 1. The van der Waals surface area contributed by atoms with Gasteiger partial charge in [0.2, 0.25) is 15.9 Å². The van der Waals surface area contributed by atoms with Gasteiger partial charge in [0.25, 0.3) is 0 Å². The number of thiazole rings is 2. The van der Waals surface area contributed by atoms with Crippen molar-refractivity contribution in [3.63, 3.8) is 0 Å². The summed E-state index contributed by atoms with van der Waals surface area (Å²) in [7, 11) is -3.61. The van der Waals surface area contributed by atoms with E-state index < -0.39 is 15.9 Å². The number of hydrogen-bond donors (Lipinski definition) is 1. The highest BCUT2D eigenvalue weighted by Crippen LogP contribution is 2.36. The van der Waals surface area contributed by atoms with Crippen molar-refractivity contribution in [3.8, 4) is 0 Å². The van der Waals surface area contributed by atoms with Gasteiger partial charge in [-0.05, 0) is 44.0 Å². The summed E-state index contributed by atoms with van der Waals surface area (Å²) in [6.07, 6.45) is 1.29. The largest absolute Gasteiger partial charge is 0.302 e. The van der Waals surface area contributed by atoms with E-state index in [1.165, 1.54) is 15.6 Å². The molecule has 2 aromatic carbocycles. The van der Waals surface area contributed by atoms with Crippen molar-refractivity contribution in [1.29, 1.82) is 0 Å². The lowest BCUT2D eigenvalue weighted by Gasteiger charge is -2.31. The zero-order chi connectivity index (χ0) is 21.6. The molecule has 1 atom stereocenters. The fraction of sp³-hybridized carbons (Fsp3) is 0.286. The average Bonchev–Trinajstić information content (AvgIpc) is 3.36. The van der Waals surface area contributed by atoms with Crippen molar-refractivity contribution in [2.45, 2.75) is 24.7 Å². The van der Waals surface area contributed by atoms with Crippen molar-refractivity contribution in [3.05, 3.63) is 47.5 Å². The smallest absolute Gasteiger partial charge is 0.243 e. The minimum Gasteiger partial charge on any atom is -0.302 e. The quantitative estimate of drug-likeness (QED) is 0.479. The third-order valence-corrected chi connectivity index (χ3v) is 9.40. The molecule has 5 rings (SSSR count). The van der Waals surface area contributed by atoms with Gasteiger partial charge in [0.1, 0.15) is 0 Å². The lowest BCUT2D eigenvalue weighted by molar-refractivity contribution is -0.120. The number of aromatic nitrogens is 2. The van der Waals surface area contributed by atoms with Crippen LogP contribution in [0, 0.1) is 12.8 Å². The molecule has 1 unspecified atom stereocenters. The van der Waals surface area contributed by atoms with Gasteiger partial charge in [0, 0.05) is 13.1 Å². The predicted octanol–water partition coefficient (Wildman–Crippen LogP) is 4.25. The first-order chi connectivity index (χ1) is 14.9. The number of amides is 1. The molecule has 0 saturated carbocycles. The van der Waals surface area contributed by atoms with Crippen molar-refractivity contribution >= 4 is 64.2 Å².